The highest BCUT2D eigenvalue weighted by Crippen LogP contribution is 2.32. The summed E-state index contributed by atoms with van der Waals surface area (Å²) in [6, 6.07) is 1.71. The van der Waals surface area contributed by atoms with Gasteiger partial charge in [0.2, 0.25) is 65.0 Å². The number of amides is 11. The number of nitrogens with two attached hydrogens (primary N) is 5. The maximum absolute atomic E-state index is 14.6. The summed E-state index contributed by atoms with van der Waals surface area (Å²) in [4.78, 5) is 168. The van der Waals surface area contributed by atoms with E-state index in [-0.39, 0.29) is 90.2 Å². The molecule has 0 aliphatic carbocycles. The maximum Gasteiger partial charge on any atom is 0.319 e. The average Bonchev–Trinajstić information content (AvgIpc) is 3.37. The molecule has 492 valence electrons. The highest BCUT2D eigenvalue weighted by molar-refractivity contribution is 6.03. The lowest BCUT2D eigenvalue weighted by atomic mass is 9.87. The molecule has 31 heteroatoms. The molecule has 2 heterocycles. The van der Waals surface area contributed by atoms with Crippen molar-refractivity contribution >= 4 is 70.9 Å². The van der Waals surface area contributed by atoms with Gasteiger partial charge in [0.15, 0.2) is 0 Å². The molecule has 0 aromatic heterocycles. The normalized spacial score (nSPS) is 24.5. The van der Waals surface area contributed by atoms with Crippen LogP contribution in [0, 0.1) is 11.8 Å². The highest BCUT2D eigenvalue weighted by Gasteiger charge is 2.45. The molecule has 2 aliphatic rings. The molecule has 0 spiro atoms. The van der Waals surface area contributed by atoms with Crippen molar-refractivity contribution in [3.8, 4) is 0 Å². The van der Waals surface area contributed by atoms with E-state index in [1.54, 1.807) is 74.5 Å². The molecule has 0 bridgehead atoms. The summed E-state index contributed by atoms with van der Waals surface area (Å²) >= 11 is 0. The lowest BCUT2D eigenvalue weighted by Crippen LogP contribution is -2.62. The van der Waals surface area contributed by atoms with Crippen LogP contribution in [0.2, 0.25) is 0 Å². The van der Waals surface area contributed by atoms with Crippen molar-refractivity contribution in [1.29, 1.82) is 0 Å². The predicted molar refractivity (Wildman–Crippen MR) is 322 cm³/mol. The summed E-state index contributed by atoms with van der Waals surface area (Å²) in [7, 11) is 0. The molecular formula is C58H90N16O15. The van der Waals surface area contributed by atoms with E-state index in [9.17, 15) is 67.7 Å². The molecule has 11 amide bonds. The van der Waals surface area contributed by atoms with Crippen LogP contribution in [0.15, 0.2) is 60.7 Å². The van der Waals surface area contributed by atoms with Gasteiger partial charge in [-0.3, -0.25) is 57.5 Å². The summed E-state index contributed by atoms with van der Waals surface area (Å²) < 4.78 is 5.21. The first-order valence-corrected chi connectivity index (χ1v) is 29.8. The molecule has 2 fully saturated rings. The zero-order valence-corrected chi connectivity index (χ0v) is 50.6. The molecule has 31 nitrogen and oxygen atoms in total. The van der Waals surface area contributed by atoms with Crippen LogP contribution < -0.4 is 87.2 Å². The van der Waals surface area contributed by atoms with Gasteiger partial charge in [0.05, 0.1) is 18.8 Å². The minimum atomic E-state index is -1.82. The Morgan fingerprint density at radius 3 is 1.56 bits per heavy atom. The second kappa shape index (κ2) is 37.0. The van der Waals surface area contributed by atoms with Crippen molar-refractivity contribution in [2.45, 2.75) is 158 Å². The van der Waals surface area contributed by atoms with E-state index < -0.39 is 168 Å². The van der Waals surface area contributed by atoms with Gasteiger partial charge in [-0.1, -0.05) is 74.5 Å². The smallest absolute Gasteiger partial charge is 0.319 e. The Morgan fingerprint density at radius 2 is 1.04 bits per heavy atom. The number of aliphatic hydroxyl groups excluding tert-OH is 2. The Hall–Kier alpha value is -8.20. The zero-order valence-electron chi connectivity index (χ0n) is 50.6. The van der Waals surface area contributed by atoms with E-state index >= 15 is 0 Å². The molecule has 2 saturated heterocycles. The fraction of sp³-hybridized carbons (Fsp3) is 0.586. The standard InChI is InChI=1S/C58H90N16O15/c1-30(2)27-42-53(83)67-36(15-21-59)47(77)66-39(18-24-62)51(81)73-45(31(3)75)56(86)64-26-20-41(50(80)65-37(16-22-60)49(79)72-43(54(84)71-42)28-33-11-7-5-8-12-33)68-48(78)38(17-23-61)70-57(87)46(32(4)76)74-52(82)40(19-25-63)69-55(85)44-35(29-89-58(44)88)34-13-9-6-10-14-34/h5-14,30-32,35-46,75-76H,15-29,59-63H2,1-4H3,(H,64,86)(H,65,80)(H,66,77)(H,67,83)(H,68,78)(H,69,85)(H,70,87)(H,71,84)(H,72,79)(H,73,81)(H,74,82)/t31-,32?,35?,36-,37-,38-,39-,40-,41-,42-,43+,44?,45-,46-/m0/s1. The van der Waals surface area contributed by atoms with Crippen LogP contribution in [0.3, 0.4) is 0 Å². The van der Waals surface area contributed by atoms with Crippen molar-refractivity contribution in [3.05, 3.63) is 71.8 Å². The number of hydrogen-bond donors (Lipinski definition) is 18. The van der Waals surface area contributed by atoms with Gasteiger partial charge < -0.3 is 102 Å². The third-order valence-corrected chi connectivity index (χ3v) is 14.8. The number of esters is 1. The van der Waals surface area contributed by atoms with Crippen molar-refractivity contribution < 1.29 is 72.5 Å². The monoisotopic (exact) mass is 1250 g/mol. The number of carbonyl (C=O) groups excluding carboxylic acids is 12. The lowest BCUT2D eigenvalue weighted by molar-refractivity contribution is -0.146. The third kappa shape index (κ3) is 22.7. The number of rotatable bonds is 25. The van der Waals surface area contributed by atoms with Gasteiger partial charge >= 0.3 is 5.97 Å². The van der Waals surface area contributed by atoms with E-state index in [1.165, 1.54) is 6.92 Å². The van der Waals surface area contributed by atoms with Crippen LogP contribution >= 0.6 is 0 Å². The Kier molecular flexibility index (Phi) is 30.4. The topological polar surface area (TPSA) is 517 Å². The van der Waals surface area contributed by atoms with Crippen LogP contribution in [0.4, 0.5) is 0 Å². The molecule has 89 heavy (non-hydrogen) atoms. The summed E-state index contributed by atoms with van der Waals surface area (Å²) in [6.07, 6.45) is -4.96. The van der Waals surface area contributed by atoms with E-state index in [2.05, 4.69) is 58.5 Å². The first-order valence-electron chi connectivity index (χ1n) is 29.8. The van der Waals surface area contributed by atoms with Gasteiger partial charge in [-0.25, -0.2) is 0 Å². The van der Waals surface area contributed by atoms with Gasteiger partial charge in [-0.2, -0.15) is 0 Å². The molecule has 2 aliphatic heterocycles. The molecule has 2 aromatic carbocycles. The third-order valence-electron chi connectivity index (χ3n) is 14.8. The van der Waals surface area contributed by atoms with Crippen LogP contribution in [0.25, 0.3) is 0 Å². The van der Waals surface area contributed by atoms with Gasteiger partial charge in [0, 0.05) is 18.9 Å². The SMILES string of the molecule is CC(C)C[C@@H]1NC(=O)[C@@H](Cc2ccccc2)NC(=O)[C@H](CCN)NC(=O)[C@@H](NC(=O)[C@H](CCN)NC(=O)[C@@H](NC(=O)[C@H](CCN)NC(=O)C2C(=O)OCC2c2ccccc2)C(C)O)CCNC(=O)[C@H]([C@H](C)O)NC(=O)[C@H](CCN)NC(=O)[C@H](CCN)NC1=O. The van der Waals surface area contributed by atoms with Gasteiger partial charge in [-0.15, -0.1) is 0 Å². The fourth-order valence-electron chi connectivity index (χ4n) is 9.93. The quantitative estimate of drug-likeness (QED) is 0.0324. The second-order valence-corrected chi connectivity index (χ2v) is 22.4. The van der Waals surface area contributed by atoms with E-state index in [0.29, 0.717) is 11.1 Å². The molecule has 14 atom stereocenters. The van der Waals surface area contributed by atoms with E-state index in [0.717, 1.165) is 6.92 Å². The number of aliphatic hydroxyl groups is 2. The van der Waals surface area contributed by atoms with E-state index in [1.807, 2.05) is 0 Å². The maximum atomic E-state index is 14.6. The van der Waals surface area contributed by atoms with Crippen LogP contribution in [0.1, 0.15) is 89.7 Å². The number of cyclic esters (lactones) is 1. The predicted octanol–water partition coefficient (Wildman–Crippen LogP) is -6.89. The molecule has 2 aromatic rings. The zero-order chi connectivity index (χ0) is 65.9. The van der Waals surface area contributed by atoms with Crippen LogP contribution in [0.5, 0.6) is 0 Å². The largest absolute Gasteiger partial charge is 0.464 e. The van der Waals surface area contributed by atoms with E-state index in [4.69, 9.17) is 33.4 Å². The average molecular weight is 1250 g/mol. The molecule has 4 rings (SSSR count). The minimum Gasteiger partial charge on any atom is -0.464 e. The minimum absolute atomic E-state index is 0.0308. The molecule has 23 N–H and O–H groups in total. The lowest BCUT2D eigenvalue weighted by Gasteiger charge is -2.29. The van der Waals surface area contributed by atoms with Gasteiger partial charge in [-0.05, 0) is 109 Å². The number of carbonyl (C=O) groups is 12. The number of benzene rings is 2. The molecule has 3 unspecified atom stereocenters. The van der Waals surface area contributed by atoms with Crippen molar-refractivity contribution in [3.63, 3.8) is 0 Å². The Balaban J connectivity index is 1.70. The Morgan fingerprint density at radius 1 is 0.562 bits per heavy atom. The summed E-state index contributed by atoms with van der Waals surface area (Å²) in [5.41, 5.74) is 30.6. The number of nitrogens with one attached hydrogen (secondary N) is 11. The Labute approximate surface area is 516 Å². The van der Waals surface area contributed by atoms with Gasteiger partial charge in [0.25, 0.3) is 0 Å². The Bertz CT molecular complexity index is 2730. The summed E-state index contributed by atoms with van der Waals surface area (Å²) in [5.74, 6) is -13.7. The van der Waals surface area contributed by atoms with Gasteiger partial charge in [0.1, 0.15) is 66.3 Å². The molecule has 0 saturated carbocycles. The van der Waals surface area contributed by atoms with Crippen molar-refractivity contribution in [2.75, 3.05) is 45.9 Å². The summed E-state index contributed by atoms with van der Waals surface area (Å²) in [5, 5.41) is 49.5. The fourth-order valence-corrected chi connectivity index (χ4v) is 9.93. The van der Waals surface area contributed by atoms with Crippen LogP contribution in [-0.4, -0.2) is 200 Å². The first kappa shape index (κ1) is 73.3. The molecule has 0 radical (unpaired) electrons. The highest BCUT2D eigenvalue weighted by atomic mass is 16.5. The van der Waals surface area contributed by atoms with Crippen molar-refractivity contribution in [1.82, 2.24) is 58.5 Å². The number of hydrogen-bond acceptors (Lipinski definition) is 20. The summed E-state index contributed by atoms with van der Waals surface area (Å²) in [6.45, 7) is 4.36. The first-order chi connectivity index (χ1) is 42.4. The molecular weight excluding hydrogens is 1160 g/mol. The number of ether oxygens (including phenoxy) is 1. The van der Waals surface area contributed by atoms with Crippen molar-refractivity contribution in [2.24, 2.45) is 40.5 Å². The van der Waals surface area contributed by atoms with Crippen LogP contribution in [-0.2, 0) is 68.7 Å². The second-order valence-electron chi connectivity index (χ2n) is 22.4.